The molecule has 0 bridgehead atoms. The van der Waals surface area contributed by atoms with Crippen molar-refractivity contribution < 1.29 is 4.79 Å². The molecule has 2 aliphatic rings. The van der Waals surface area contributed by atoms with Gasteiger partial charge < -0.3 is 25.0 Å². The molecule has 0 unspecified atom stereocenters. The van der Waals surface area contributed by atoms with Crippen LogP contribution in [0.25, 0.3) is 16.6 Å². The number of carbonyl (C=O) groups excluding carboxylic acids is 1. The summed E-state index contributed by atoms with van der Waals surface area (Å²) in [5, 5.41) is 4.32. The molecule has 3 aromatic rings. The number of fused-ring (bicyclic) bond motifs is 1. The zero-order valence-electron chi connectivity index (χ0n) is 22.3. The predicted octanol–water partition coefficient (Wildman–Crippen LogP) is 5.10. The number of amides is 1. The van der Waals surface area contributed by atoms with E-state index in [2.05, 4.69) is 45.1 Å². The number of H-pyrrole nitrogens is 1. The Morgan fingerprint density at radius 3 is 2.65 bits per heavy atom. The largest absolute Gasteiger partial charge is 0.373 e. The third-order valence-corrected chi connectivity index (χ3v) is 7.84. The third-order valence-electron chi connectivity index (χ3n) is 7.84. The van der Waals surface area contributed by atoms with E-state index in [1.807, 2.05) is 42.2 Å². The second-order valence-corrected chi connectivity index (χ2v) is 10.2. The van der Waals surface area contributed by atoms with Crippen LogP contribution in [0.2, 0.25) is 0 Å². The minimum atomic E-state index is 0.0952. The van der Waals surface area contributed by atoms with Crippen LogP contribution in [0.5, 0.6) is 0 Å². The first-order valence-electron chi connectivity index (χ1n) is 13.7. The maximum absolute atomic E-state index is 13.3. The van der Waals surface area contributed by atoms with E-state index in [0.717, 1.165) is 60.5 Å². The van der Waals surface area contributed by atoms with E-state index in [9.17, 15) is 4.79 Å². The summed E-state index contributed by atoms with van der Waals surface area (Å²) < 4.78 is 0. The Morgan fingerprint density at radius 1 is 1.14 bits per heavy atom. The molecule has 0 spiro atoms. The molecule has 2 aromatic heterocycles. The lowest BCUT2D eigenvalue weighted by atomic mass is 10.00. The molecule has 2 N–H and O–H groups in total. The minimum Gasteiger partial charge on any atom is -0.373 e. The number of nitrogens with zero attached hydrogens (tertiary/aromatic N) is 5. The number of aromatic nitrogens is 3. The van der Waals surface area contributed by atoms with Crippen LogP contribution in [0.15, 0.2) is 42.6 Å². The fourth-order valence-electron chi connectivity index (χ4n) is 5.64. The van der Waals surface area contributed by atoms with Crippen LogP contribution in [0, 0.1) is 0 Å². The van der Waals surface area contributed by atoms with Crippen molar-refractivity contribution in [3.8, 4) is 0 Å². The fraction of sp³-hybridized carbons (Fsp3) is 0.483. The second kappa shape index (κ2) is 11.3. The van der Waals surface area contributed by atoms with Crippen LogP contribution in [0.4, 0.5) is 11.6 Å². The molecule has 0 saturated carbocycles. The minimum absolute atomic E-state index is 0.0952. The van der Waals surface area contributed by atoms with Crippen LogP contribution >= 0.6 is 0 Å². The summed E-state index contributed by atoms with van der Waals surface area (Å²) in [4.78, 5) is 32.6. The zero-order chi connectivity index (χ0) is 25.8. The van der Waals surface area contributed by atoms with E-state index in [4.69, 9.17) is 4.98 Å². The molecule has 2 fully saturated rings. The highest BCUT2D eigenvalue weighted by Gasteiger charge is 2.28. The number of likely N-dealkylation sites (tertiary alicyclic amines) is 2. The number of carbonyl (C=O) groups is 1. The van der Waals surface area contributed by atoms with Crippen molar-refractivity contribution in [3.63, 3.8) is 0 Å². The Morgan fingerprint density at radius 2 is 1.92 bits per heavy atom. The van der Waals surface area contributed by atoms with Gasteiger partial charge in [0.2, 0.25) is 5.95 Å². The molecule has 196 valence electrons. The zero-order valence-corrected chi connectivity index (χ0v) is 22.3. The van der Waals surface area contributed by atoms with E-state index in [1.54, 1.807) is 6.20 Å². The van der Waals surface area contributed by atoms with Crippen LogP contribution in [-0.4, -0.2) is 81.4 Å². The van der Waals surface area contributed by atoms with Gasteiger partial charge in [-0.05, 0) is 83.0 Å². The average Bonchev–Trinajstić information content (AvgIpc) is 3.37. The highest BCUT2D eigenvalue weighted by molar-refractivity contribution is 5.98. The molecule has 0 radical (unpaired) electrons. The standard InChI is InChI=1S/C29H39N7O/c1-4-27(34(3)5-2)25-11-14-30-29(33-25)31-22-9-10-24-21(19-22)20-26(32-24)28(37)36-17-12-23(13-18-36)35-15-7-6-8-16-35/h4,9-11,14,19-20,23,32H,5-8,12-13,15-18H2,1-3H3,(H,30,31,33)/b27-4-. The number of aromatic amines is 1. The molecule has 1 aromatic carbocycles. The summed E-state index contributed by atoms with van der Waals surface area (Å²) in [5.74, 6) is 0.641. The fourth-order valence-corrected chi connectivity index (χ4v) is 5.64. The Balaban J connectivity index is 1.25. The first kappa shape index (κ1) is 25.3. The number of rotatable bonds is 7. The van der Waals surface area contributed by atoms with Gasteiger partial charge in [0.25, 0.3) is 5.91 Å². The number of allylic oxidation sites excluding steroid dienone is 1. The van der Waals surface area contributed by atoms with Crippen molar-refractivity contribution in [1.29, 1.82) is 0 Å². The van der Waals surface area contributed by atoms with E-state index < -0.39 is 0 Å². The summed E-state index contributed by atoms with van der Waals surface area (Å²) >= 11 is 0. The van der Waals surface area contributed by atoms with Crippen molar-refractivity contribution in [2.75, 3.05) is 45.1 Å². The monoisotopic (exact) mass is 501 g/mol. The van der Waals surface area contributed by atoms with Gasteiger partial charge in [-0.1, -0.05) is 12.5 Å². The van der Waals surface area contributed by atoms with Gasteiger partial charge in [0, 0.05) is 55.5 Å². The molecule has 4 heterocycles. The lowest BCUT2D eigenvalue weighted by molar-refractivity contribution is 0.0585. The van der Waals surface area contributed by atoms with E-state index in [-0.39, 0.29) is 5.91 Å². The predicted molar refractivity (Wildman–Crippen MR) is 150 cm³/mol. The third kappa shape index (κ3) is 5.64. The summed E-state index contributed by atoms with van der Waals surface area (Å²) in [5.41, 5.74) is 4.44. The van der Waals surface area contributed by atoms with Gasteiger partial charge in [0.1, 0.15) is 5.69 Å². The molecule has 1 amide bonds. The lowest BCUT2D eigenvalue weighted by Gasteiger charge is -2.40. The van der Waals surface area contributed by atoms with Gasteiger partial charge in [-0.25, -0.2) is 9.97 Å². The normalized spacial score (nSPS) is 17.8. The van der Waals surface area contributed by atoms with Crippen molar-refractivity contribution in [2.24, 2.45) is 0 Å². The number of hydrogen-bond donors (Lipinski definition) is 2. The van der Waals surface area contributed by atoms with Gasteiger partial charge in [-0.2, -0.15) is 0 Å². The van der Waals surface area contributed by atoms with Crippen LogP contribution in [0.1, 0.15) is 62.1 Å². The van der Waals surface area contributed by atoms with Crippen molar-refractivity contribution in [3.05, 3.63) is 54.0 Å². The molecule has 37 heavy (non-hydrogen) atoms. The number of piperidine rings is 2. The molecular formula is C29H39N7O. The summed E-state index contributed by atoms with van der Waals surface area (Å²) in [6.45, 7) is 9.14. The number of hydrogen-bond acceptors (Lipinski definition) is 6. The molecule has 2 saturated heterocycles. The highest BCUT2D eigenvalue weighted by Crippen LogP contribution is 2.26. The van der Waals surface area contributed by atoms with E-state index in [1.165, 1.54) is 32.4 Å². The molecule has 0 atom stereocenters. The van der Waals surface area contributed by atoms with Crippen molar-refractivity contribution in [1.82, 2.24) is 29.7 Å². The van der Waals surface area contributed by atoms with Gasteiger partial charge in [0.15, 0.2) is 0 Å². The molecule has 8 nitrogen and oxygen atoms in total. The van der Waals surface area contributed by atoms with Gasteiger partial charge in [-0.15, -0.1) is 0 Å². The number of nitrogens with one attached hydrogen (secondary N) is 2. The number of benzene rings is 1. The summed E-state index contributed by atoms with van der Waals surface area (Å²) in [6, 6.07) is 10.6. The molecule has 8 heteroatoms. The van der Waals surface area contributed by atoms with Gasteiger partial charge in [-0.3, -0.25) is 4.79 Å². The van der Waals surface area contributed by atoms with Gasteiger partial charge in [0.05, 0.1) is 11.4 Å². The SMILES string of the molecule is C/C=C(/c1ccnc(Nc2ccc3[nH]c(C(=O)N4CCC(N5CCCCC5)CC4)cc3c2)n1)N(C)CC. The Bertz CT molecular complexity index is 1250. The molecule has 2 aliphatic heterocycles. The Kier molecular flexibility index (Phi) is 7.74. The van der Waals surface area contributed by atoms with E-state index in [0.29, 0.717) is 17.7 Å². The first-order chi connectivity index (χ1) is 18.1. The maximum atomic E-state index is 13.3. The van der Waals surface area contributed by atoms with Crippen molar-refractivity contribution in [2.45, 2.75) is 52.0 Å². The molecule has 5 rings (SSSR count). The Labute approximate surface area is 219 Å². The second-order valence-electron chi connectivity index (χ2n) is 10.2. The van der Waals surface area contributed by atoms with Crippen LogP contribution < -0.4 is 5.32 Å². The average molecular weight is 502 g/mol. The van der Waals surface area contributed by atoms with Crippen molar-refractivity contribution >= 4 is 34.1 Å². The smallest absolute Gasteiger partial charge is 0.270 e. The maximum Gasteiger partial charge on any atom is 0.270 e. The lowest BCUT2D eigenvalue weighted by Crippen LogP contribution is -2.48. The first-order valence-corrected chi connectivity index (χ1v) is 13.7. The topological polar surface area (TPSA) is 80.4 Å². The molecule has 0 aliphatic carbocycles. The Hall–Kier alpha value is -3.39. The van der Waals surface area contributed by atoms with E-state index >= 15 is 0 Å². The van der Waals surface area contributed by atoms with Gasteiger partial charge >= 0.3 is 0 Å². The summed E-state index contributed by atoms with van der Waals surface area (Å²) in [7, 11) is 2.06. The number of anilines is 2. The van der Waals surface area contributed by atoms with Crippen LogP contribution in [0.3, 0.4) is 0 Å². The quantitative estimate of drug-likeness (QED) is 0.469. The van der Waals surface area contributed by atoms with Crippen LogP contribution in [-0.2, 0) is 0 Å². The highest BCUT2D eigenvalue weighted by atomic mass is 16.2. The molecular weight excluding hydrogens is 462 g/mol. The summed E-state index contributed by atoms with van der Waals surface area (Å²) in [6.07, 6.45) is 9.97.